The zero-order valence-electron chi connectivity index (χ0n) is 9.90. The molecule has 0 saturated carbocycles. The second kappa shape index (κ2) is 5.77. The first-order chi connectivity index (χ1) is 9.02. The average molecular weight is 303 g/mol. The molecule has 2 rings (SSSR count). The Bertz CT molecular complexity index is 522. The van der Waals surface area contributed by atoms with Gasteiger partial charge in [0.05, 0.1) is 10.0 Å². The van der Waals surface area contributed by atoms with Gasteiger partial charge in [0.25, 0.3) is 0 Å². The Morgan fingerprint density at radius 2 is 2.16 bits per heavy atom. The highest BCUT2D eigenvalue weighted by molar-refractivity contribution is 6.42. The summed E-state index contributed by atoms with van der Waals surface area (Å²) in [5.74, 6) is -0.783. The molecule has 7 heteroatoms. The molecule has 1 aliphatic rings. The maximum Gasteiger partial charge on any atom is 0.249 e. The van der Waals surface area contributed by atoms with Gasteiger partial charge in [0.1, 0.15) is 12.6 Å². The van der Waals surface area contributed by atoms with Gasteiger partial charge in [-0.1, -0.05) is 23.2 Å². The standard InChI is InChI=1S/C12H12Cl2N2O3/c13-8-2-1-7(5-9(8)14)16-4-3-10(12(16)19)15-11(18)6-17/h1-2,5,10,17H,3-4,6H2,(H,15,18). The molecule has 0 aromatic heterocycles. The first-order valence-electron chi connectivity index (χ1n) is 5.69. The van der Waals surface area contributed by atoms with Crippen molar-refractivity contribution in [3.05, 3.63) is 28.2 Å². The summed E-state index contributed by atoms with van der Waals surface area (Å²) in [5, 5.41) is 11.9. The molecule has 19 heavy (non-hydrogen) atoms. The first-order valence-corrected chi connectivity index (χ1v) is 6.45. The van der Waals surface area contributed by atoms with Gasteiger partial charge in [0, 0.05) is 12.2 Å². The van der Waals surface area contributed by atoms with Gasteiger partial charge in [0.2, 0.25) is 11.8 Å². The molecule has 0 bridgehead atoms. The third-order valence-corrected chi connectivity index (χ3v) is 3.64. The van der Waals surface area contributed by atoms with Gasteiger partial charge >= 0.3 is 0 Å². The molecule has 2 amide bonds. The minimum Gasteiger partial charge on any atom is -0.387 e. The highest BCUT2D eigenvalue weighted by Gasteiger charge is 2.33. The van der Waals surface area contributed by atoms with E-state index in [1.807, 2.05) is 0 Å². The number of halogens is 2. The summed E-state index contributed by atoms with van der Waals surface area (Å²) in [6.07, 6.45) is 0.491. The number of nitrogens with one attached hydrogen (secondary N) is 1. The number of amides is 2. The number of nitrogens with zero attached hydrogens (tertiary/aromatic N) is 1. The van der Waals surface area contributed by atoms with Crippen LogP contribution >= 0.6 is 23.2 Å². The quantitative estimate of drug-likeness (QED) is 0.882. The van der Waals surface area contributed by atoms with Gasteiger partial charge in [-0.05, 0) is 24.6 Å². The largest absolute Gasteiger partial charge is 0.387 e. The van der Waals surface area contributed by atoms with Crippen LogP contribution in [0.4, 0.5) is 5.69 Å². The fourth-order valence-electron chi connectivity index (χ4n) is 1.96. The highest BCUT2D eigenvalue weighted by Crippen LogP contribution is 2.29. The van der Waals surface area contributed by atoms with Crippen molar-refractivity contribution in [3.63, 3.8) is 0 Å². The van der Waals surface area contributed by atoms with E-state index in [1.165, 1.54) is 4.90 Å². The van der Waals surface area contributed by atoms with Crippen molar-refractivity contribution >= 4 is 40.7 Å². The molecule has 1 heterocycles. The van der Waals surface area contributed by atoms with E-state index in [-0.39, 0.29) is 5.91 Å². The van der Waals surface area contributed by atoms with Gasteiger partial charge in [0.15, 0.2) is 0 Å². The van der Waals surface area contributed by atoms with Crippen LogP contribution in [0.5, 0.6) is 0 Å². The molecule has 5 nitrogen and oxygen atoms in total. The molecule has 102 valence electrons. The van der Waals surface area contributed by atoms with Gasteiger partial charge in [-0.3, -0.25) is 9.59 Å². The van der Waals surface area contributed by atoms with E-state index in [2.05, 4.69) is 5.32 Å². The van der Waals surface area contributed by atoms with Crippen LogP contribution in [0.1, 0.15) is 6.42 Å². The number of hydrogen-bond acceptors (Lipinski definition) is 3. The van der Waals surface area contributed by atoms with Gasteiger partial charge < -0.3 is 15.3 Å². The molecule has 0 aliphatic carbocycles. The number of benzene rings is 1. The Balaban J connectivity index is 2.13. The lowest BCUT2D eigenvalue weighted by Gasteiger charge is -2.17. The van der Waals surface area contributed by atoms with Gasteiger partial charge in [-0.15, -0.1) is 0 Å². The van der Waals surface area contributed by atoms with Crippen LogP contribution in [-0.2, 0) is 9.59 Å². The summed E-state index contributed by atoms with van der Waals surface area (Å²) in [6, 6.07) is 4.32. The van der Waals surface area contributed by atoms with Crippen molar-refractivity contribution in [3.8, 4) is 0 Å². The fraction of sp³-hybridized carbons (Fsp3) is 0.333. The number of hydrogen-bond donors (Lipinski definition) is 2. The lowest BCUT2D eigenvalue weighted by atomic mass is 10.2. The van der Waals surface area contributed by atoms with Crippen LogP contribution in [0, 0.1) is 0 Å². The van der Waals surface area contributed by atoms with Crippen LogP contribution < -0.4 is 10.2 Å². The normalized spacial score (nSPS) is 18.8. The fourth-order valence-corrected chi connectivity index (χ4v) is 2.26. The monoisotopic (exact) mass is 302 g/mol. The van der Waals surface area contributed by atoms with E-state index in [0.29, 0.717) is 28.7 Å². The predicted molar refractivity (Wildman–Crippen MR) is 72.4 cm³/mol. The van der Waals surface area contributed by atoms with E-state index in [9.17, 15) is 9.59 Å². The zero-order chi connectivity index (χ0) is 14.0. The predicted octanol–water partition coefficient (Wildman–Crippen LogP) is 1.21. The summed E-state index contributed by atoms with van der Waals surface area (Å²) >= 11 is 11.7. The first kappa shape index (κ1) is 14.1. The molecule has 2 N–H and O–H groups in total. The van der Waals surface area contributed by atoms with Crippen molar-refractivity contribution in [2.45, 2.75) is 12.5 Å². The molecular weight excluding hydrogens is 291 g/mol. The Labute approximate surface area is 120 Å². The van der Waals surface area contributed by atoms with Crippen LogP contribution in [-0.4, -0.2) is 36.1 Å². The lowest BCUT2D eigenvalue weighted by Crippen LogP contribution is -2.42. The minimum atomic E-state index is -0.628. The second-order valence-corrected chi connectivity index (χ2v) is 4.97. The van der Waals surface area contributed by atoms with E-state index in [4.69, 9.17) is 28.3 Å². The average Bonchev–Trinajstić information content (AvgIpc) is 2.74. The van der Waals surface area contributed by atoms with Crippen molar-refractivity contribution in [1.82, 2.24) is 5.32 Å². The van der Waals surface area contributed by atoms with Crippen LogP contribution in [0.2, 0.25) is 10.0 Å². The van der Waals surface area contributed by atoms with Crippen molar-refractivity contribution in [1.29, 1.82) is 0 Å². The number of carbonyl (C=O) groups excluding carboxylic acids is 2. The van der Waals surface area contributed by atoms with Crippen molar-refractivity contribution in [2.75, 3.05) is 18.1 Å². The second-order valence-electron chi connectivity index (χ2n) is 4.16. The van der Waals surface area contributed by atoms with Crippen molar-refractivity contribution < 1.29 is 14.7 Å². The Hall–Kier alpha value is -1.30. The smallest absolute Gasteiger partial charge is 0.249 e. The van der Waals surface area contributed by atoms with E-state index in [1.54, 1.807) is 18.2 Å². The van der Waals surface area contributed by atoms with E-state index in [0.717, 1.165) is 0 Å². The minimum absolute atomic E-state index is 0.222. The van der Waals surface area contributed by atoms with E-state index >= 15 is 0 Å². The molecule has 1 aliphatic heterocycles. The molecule has 1 aromatic carbocycles. The third-order valence-electron chi connectivity index (χ3n) is 2.90. The molecule has 0 radical (unpaired) electrons. The van der Waals surface area contributed by atoms with Crippen LogP contribution in [0.15, 0.2) is 18.2 Å². The van der Waals surface area contributed by atoms with Crippen LogP contribution in [0.25, 0.3) is 0 Å². The summed E-state index contributed by atoms with van der Waals surface area (Å²) in [7, 11) is 0. The molecule has 1 unspecified atom stereocenters. The van der Waals surface area contributed by atoms with Gasteiger partial charge in [-0.2, -0.15) is 0 Å². The number of aliphatic hydroxyl groups excluding tert-OH is 1. The highest BCUT2D eigenvalue weighted by atomic mass is 35.5. The number of anilines is 1. The topological polar surface area (TPSA) is 69.6 Å². The molecular formula is C12H12Cl2N2O3. The lowest BCUT2D eigenvalue weighted by molar-refractivity contribution is -0.128. The van der Waals surface area contributed by atoms with Crippen LogP contribution in [0.3, 0.4) is 0 Å². The molecule has 1 saturated heterocycles. The third kappa shape index (κ3) is 3.00. The number of rotatable bonds is 3. The number of aliphatic hydroxyl groups is 1. The summed E-state index contributed by atoms with van der Waals surface area (Å²) in [4.78, 5) is 24.7. The molecule has 1 aromatic rings. The zero-order valence-corrected chi connectivity index (χ0v) is 11.4. The Morgan fingerprint density at radius 1 is 1.42 bits per heavy atom. The van der Waals surface area contributed by atoms with E-state index < -0.39 is 18.6 Å². The maximum atomic E-state index is 12.1. The summed E-state index contributed by atoms with van der Waals surface area (Å²) < 4.78 is 0. The summed E-state index contributed by atoms with van der Waals surface area (Å²) in [6.45, 7) is -0.149. The molecule has 1 atom stereocenters. The van der Waals surface area contributed by atoms with Crippen molar-refractivity contribution in [2.24, 2.45) is 0 Å². The Kier molecular flexibility index (Phi) is 4.29. The summed E-state index contributed by atoms with van der Waals surface area (Å²) in [5.41, 5.74) is 0.639. The SMILES string of the molecule is O=C(CO)NC1CCN(c2ccc(Cl)c(Cl)c2)C1=O. The van der Waals surface area contributed by atoms with Gasteiger partial charge in [-0.25, -0.2) is 0 Å². The Morgan fingerprint density at radius 3 is 2.79 bits per heavy atom. The maximum absolute atomic E-state index is 12.1. The molecule has 0 spiro atoms. The molecule has 1 fully saturated rings. The number of carbonyl (C=O) groups is 2.